The lowest BCUT2D eigenvalue weighted by Gasteiger charge is -2.40. The molecule has 1 aliphatic rings. The maximum Gasteiger partial charge on any atom is 0.228 e. The van der Waals surface area contributed by atoms with Crippen LogP contribution in [0.4, 0.5) is 5.69 Å². The van der Waals surface area contributed by atoms with Crippen molar-refractivity contribution in [2.24, 2.45) is 17.3 Å². The Kier molecular flexibility index (Phi) is 5.18. The average molecular weight is 315 g/mol. The van der Waals surface area contributed by atoms with Gasteiger partial charge in [0.05, 0.1) is 7.11 Å². The van der Waals surface area contributed by atoms with Crippen molar-refractivity contribution in [3.63, 3.8) is 0 Å². The van der Waals surface area contributed by atoms with E-state index < -0.39 is 0 Å². The fourth-order valence-corrected chi connectivity index (χ4v) is 3.58. The summed E-state index contributed by atoms with van der Waals surface area (Å²) in [6.45, 7) is 12.6. The van der Waals surface area contributed by atoms with E-state index in [9.17, 15) is 4.79 Å². The van der Waals surface area contributed by atoms with E-state index >= 15 is 0 Å². The summed E-state index contributed by atoms with van der Waals surface area (Å²) in [6, 6.07) is 5.73. The molecule has 3 heteroatoms. The Morgan fingerprint density at radius 3 is 2.61 bits per heavy atom. The van der Waals surface area contributed by atoms with Crippen molar-refractivity contribution >= 4 is 11.6 Å². The summed E-state index contributed by atoms with van der Waals surface area (Å²) in [5, 5.41) is 3.12. The van der Waals surface area contributed by atoms with Gasteiger partial charge >= 0.3 is 0 Å². The second kappa shape index (κ2) is 6.77. The lowest BCUT2D eigenvalue weighted by Crippen LogP contribution is -2.38. The molecule has 2 rings (SSSR count). The third-order valence-electron chi connectivity index (χ3n) is 5.05. The van der Waals surface area contributed by atoms with Crippen molar-refractivity contribution in [3.8, 4) is 5.75 Å². The molecule has 1 aliphatic carbocycles. The van der Waals surface area contributed by atoms with Gasteiger partial charge in [-0.25, -0.2) is 0 Å². The third-order valence-corrected chi connectivity index (χ3v) is 5.05. The maximum atomic E-state index is 12.9. The van der Waals surface area contributed by atoms with Crippen LogP contribution in [-0.2, 0) is 4.79 Å². The highest BCUT2D eigenvalue weighted by Gasteiger charge is 2.39. The Hall–Kier alpha value is -1.77. The zero-order chi connectivity index (χ0) is 17.2. The van der Waals surface area contributed by atoms with Gasteiger partial charge < -0.3 is 10.1 Å². The number of carbonyl (C=O) groups excluding carboxylic acids is 1. The van der Waals surface area contributed by atoms with Gasteiger partial charge in [0.25, 0.3) is 0 Å². The molecule has 0 aromatic heterocycles. The molecule has 1 fully saturated rings. The Labute approximate surface area is 140 Å². The van der Waals surface area contributed by atoms with E-state index in [1.54, 1.807) is 7.11 Å². The fourth-order valence-electron chi connectivity index (χ4n) is 3.58. The van der Waals surface area contributed by atoms with Crippen molar-refractivity contribution in [1.29, 1.82) is 0 Å². The van der Waals surface area contributed by atoms with Crippen LogP contribution in [-0.4, -0.2) is 13.0 Å². The third kappa shape index (κ3) is 4.15. The van der Waals surface area contributed by atoms with Crippen molar-refractivity contribution < 1.29 is 9.53 Å². The summed E-state index contributed by atoms with van der Waals surface area (Å²) in [7, 11) is 1.65. The second-order valence-electron chi connectivity index (χ2n) is 7.64. The largest absolute Gasteiger partial charge is 0.497 e. The van der Waals surface area contributed by atoms with E-state index in [-0.39, 0.29) is 23.2 Å². The summed E-state index contributed by atoms with van der Waals surface area (Å²) < 4.78 is 5.22. The van der Waals surface area contributed by atoms with Gasteiger partial charge in [-0.15, -0.1) is 0 Å². The van der Waals surface area contributed by atoms with Gasteiger partial charge in [0.2, 0.25) is 5.91 Å². The van der Waals surface area contributed by atoms with Gasteiger partial charge in [0, 0.05) is 11.6 Å². The molecule has 1 N–H and O–H groups in total. The summed E-state index contributed by atoms with van der Waals surface area (Å²) in [5.41, 5.74) is 3.20. The number of hydrogen-bond donors (Lipinski definition) is 1. The molecule has 0 bridgehead atoms. The first-order valence-electron chi connectivity index (χ1n) is 8.34. The number of amides is 1. The lowest BCUT2D eigenvalue weighted by atomic mass is 9.65. The minimum atomic E-state index is -0.00208. The molecule has 0 spiro atoms. The predicted molar refractivity (Wildman–Crippen MR) is 95.8 cm³/mol. The fraction of sp³-hybridized carbons (Fsp3) is 0.550. The number of methoxy groups -OCH3 is 1. The SMILES string of the molecule is C=C(C)C1CCC(C)(C)CC1C(=O)Nc1ccc(OC)cc1C. The van der Waals surface area contributed by atoms with Crippen molar-refractivity contribution in [2.75, 3.05) is 12.4 Å². The smallest absolute Gasteiger partial charge is 0.228 e. The first-order valence-corrected chi connectivity index (χ1v) is 8.34. The molecule has 0 radical (unpaired) electrons. The number of nitrogens with one attached hydrogen (secondary N) is 1. The summed E-state index contributed by atoms with van der Waals surface area (Å²) in [5.74, 6) is 1.19. The molecular formula is C20H29NO2. The topological polar surface area (TPSA) is 38.3 Å². The van der Waals surface area contributed by atoms with Gasteiger partial charge in [-0.2, -0.15) is 0 Å². The standard InChI is InChI=1S/C20H29NO2/c1-13(2)16-9-10-20(4,5)12-17(16)19(22)21-18-8-7-15(23-6)11-14(18)3/h7-8,11,16-17H,1,9-10,12H2,2-6H3,(H,21,22). The highest BCUT2D eigenvalue weighted by Crippen LogP contribution is 2.44. The Balaban J connectivity index is 2.18. The molecule has 0 aliphatic heterocycles. The van der Waals surface area contributed by atoms with Crippen LogP contribution in [0.25, 0.3) is 0 Å². The average Bonchev–Trinajstić information content (AvgIpc) is 2.47. The number of rotatable bonds is 4. The van der Waals surface area contributed by atoms with E-state index in [0.717, 1.165) is 41.8 Å². The van der Waals surface area contributed by atoms with Crippen LogP contribution in [0.3, 0.4) is 0 Å². The van der Waals surface area contributed by atoms with Crippen LogP contribution in [0.2, 0.25) is 0 Å². The van der Waals surface area contributed by atoms with Gasteiger partial charge in [0.1, 0.15) is 5.75 Å². The Morgan fingerprint density at radius 2 is 2.04 bits per heavy atom. The molecular weight excluding hydrogens is 286 g/mol. The summed E-state index contributed by atoms with van der Waals surface area (Å²) >= 11 is 0. The van der Waals surface area contributed by atoms with Crippen LogP contribution < -0.4 is 10.1 Å². The molecule has 2 atom stereocenters. The van der Waals surface area contributed by atoms with Crippen molar-refractivity contribution in [2.45, 2.75) is 47.0 Å². The molecule has 2 unspecified atom stereocenters. The van der Waals surface area contributed by atoms with Crippen LogP contribution in [0, 0.1) is 24.2 Å². The quantitative estimate of drug-likeness (QED) is 0.797. The number of allylic oxidation sites excluding steroid dienone is 1. The Bertz CT molecular complexity index is 604. The van der Waals surface area contributed by atoms with Crippen LogP contribution in [0.5, 0.6) is 5.75 Å². The van der Waals surface area contributed by atoms with Crippen molar-refractivity contribution in [3.05, 3.63) is 35.9 Å². The molecule has 1 amide bonds. The van der Waals surface area contributed by atoms with Crippen LogP contribution in [0.15, 0.2) is 30.4 Å². The van der Waals surface area contributed by atoms with Gasteiger partial charge in [-0.05, 0) is 68.2 Å². The molecule has 1 aromatic rings. The number of ether oxygens (including phenoxy) is 1. The minimum absolute atomic E-state index is 0.00208. The minimum Gasteiger partial charge on any atom is -0.497 e. The van der Waals surface area contributed by atoms with Crippen molar-refractivity contribution in [1.82, 2.24) is 0 Å². The van der Waals surface area contributed by atoms with E-state index in [4.69, 9.17) is 4.74 Å². The number of aryl methyl sites for hydroxylation is 1. The first kappa shape index (κ1) is 17.6. The maximum absolute atomic E-state index is 12.9. The van der Waals surface area contributed by atoms with Gasteiger partial charge in [-0.3, -0.25) is 4.79 Å². The molecule has 23 heavy (non-hydrogen) atoms. The zero-order valence-corrected chi connectivity index (χ0v) is 15.0. The van der Waals surface area contributed by atoms with Crippen LogP contribution >= 0.6 is 0 Å². The van der Waals surface area contributed by atoms with E-state index in [1.807, 2.05) is 32.0 Å². The monoisotopic (exact) mass is 315 g/mol. The van der Waals surface area contributed by atoms with Gasteiger partial charge in [-0.1, -0.05) is 26.0 Å². The van der Waals surface area contributed by atoms with E-state index in [2.05, 4.69) is 25.7 Å². The molecule has 0 saturated heterocycles. The highest BCUT2D eigenvalue weighted by molar-refractivity contribution is 5.93. The highest BCUT2D eigenvalue weighted by atomic mass is 16.5. The molecule has 0 heterocycles. The molecule has 126 valence electrons. The van der Waals surface area contributed by atoms with Gasteiger partial charge in [0.15, 0.2) is 0 Å². The predicted octanol–water partition coefficient (Wildman–Crippen LogP) is 4.96. The second-order valence-corrected chi connectivity index (χ2v) is 7.64. The number of benzene rings is 1. The van der Waals surface area contributed by atoms with E-state index in [0.29, 0.717) is 0 Å². The number of hydrogen-bond acceptors (Lipinski definition) is 2. The van der Waals surface area contributed by atoms with E-state index in [1.165, 1.54) is 0 Å². The number of carbonyl (C=O) groups is 1. The summed E-state index contributed by atoms with van der Waals surface area (Å²) in [6.07, 6.45) is 3.10. The molecule has 1 aromatic carbocycles. The molecule has 3 nitrogen and oxygen atoms in total. The summed E-state index contributed by atoms with van der Waals surface area (Å²) in [4.78, 5) is 12.9. The first-order chi connectivity index (χ1) is 10.7. The zero-order valence-electron chi connectivity index (χ0n) is 15.0. The van der Waals surface area contributed by atoms with Crippen LogP contribution in [0.1, 0.15) is 45.6 Å². The Morgan fingerprint density at radius 1 is 1.35 bits per heavy atom. The normalized spacial score (nSPS) is 23.2. The molecule has 1 saturated carbocycles. The lowest BCUT2D eigenvalue weighted by molar-refractivity contribution is -0.123. The number of anilines is 1.